The molecule has 7 nitrogen and oxygen atoms in total. The Morgan fingerprint density at radius 1 is 0.947 bits per heavy atom. The summed E-state index contributed by atoms with van der Waals surface area (Å²) < 4.78 is 24.0. The van der Waals surface area contributed by atoms with Gasteiger partial charge in [0.05, 0.1) is 16.5 Å². The maximum absolute atomic E-state index is 13.3. The first-order valence-corrected chi connectivity index (χ1v) is 14.4. The number of ketones is 1. The van der Waals surface area contributed by atoms with Crippen LogP contribution in [0.1, 0.15) is 49.1 Å². The molecular formula is C29H29BrN2O5S. The number of likely N-dealkylation sites (tertiary alicyclic amines) is 1. The van der Waals surface area contributed by atoms with Gasteiger partial charge in [-0.2, -0.15) is 0 Å². The Bertz CT molecular complexity index is 1510. The van der Waals surface area contributed by atoms with Crippen molar-refractivity contribution in [3.05, 3.63) is 105 Å². The average Bonchev–Trinajstić information content (AvgIpc) is 3.11. The number of nitrogens with two attached hydrogens (primary N) is 1. The van der Waals surface area contributed by atoms with E-state index < -0.39 is 27.8 Å². The van der Waals surface area contributed by atoms with Crippen LogP contribution in [0.15, 0.2) is 87.7 Å². The van der Waals surface area contributed by atoms with E-state index in [1.54, 1.807) is 36.4 Å². The molecule has 0 aromatic heterocycles. The van der Waals surface area contributed by atoms with Crippen LogP contribution in [0.5, 0.6) is 0 Å². The van der Waals surface area contributed by atoms with Crippen molar-refractivity contribution >= 4 is 43.4 Å². The topological polar surface area (TPSA) is 118 Å². The Balaban J connectivity index is 1.74. The third-order valence-electron chi connectivity index (χ3n) is 6.64. The molecule has 0 spiro atoms. The van der Waals surface area contributed by atoms with Gasteiger partial charge in [-0.05, 0) is 52.8 Å². The smallest absolute Gasteiger partial charge is 0.295 e. The van der Waals surface area contributed by atoms with Gasteiger partial charge in [0.2, 0.25) is 10.0 Å². The number of carbonyl (C=O) groups excluding carboxylic acids is 2. The summed E-state index contributed by atoms with van der Waals surface area (Å²) in [5.41, 5.74) is 2.96. The minimum atomic E-state index is -3.82. The monoisotopic (exact) mass is 596 g/mol. The Labute approximate surface area is 231 Å². The quantitative estimate of drug-likeness (QED) is 0.234. The fourth-order valence-electron chi connectivity index (χ4n) is 4.48. The van der Waals surface area contributed by atoms with Crippen LogP contribution in [0, 0.1) is 0 Å². The van der Waals surface area contributed by atoms with Crippen molar-refractivity contribution in [3.8, 4) is 0 Å². The number of aliphatic hydroxyl groups is 1. The van der Waals surface area contributed by atoms with Crippen molar-refractivity contribution < 1.29 is 23.1 Å². The van der Waals surface area contributed by atoms with Gasteiger partial charge in [-0.1, -0.05) is 85.2 Å². The van der Waals surface area contributed by atoms with Gasteiger partial charge in [0.1, 0.15) is 5.76 Å². The van der Waals surface area contributed by atoms with Crippen molar-refractivity contribution in [1.82, 2.24) is 4.90 Å². The van der Waals surface area contributed by atoms with Gasteiger partial charge in [0, 0.05) is 16.6 Å². The summed E-state index contributed by atoms with van der Waals surface area (Å²) >= 11 is 3.37. The zero-order chi connectivity index (χ0) is 27.8. The predicted molar refractivity (Wildman–Crippen MR) is 150 cm³/mol. The van der Waals surface area contributed by atoms with E-state index in [2.05, 4.69) is 36.7 Å². The highest BCUT2D eigenvalue weighted by Gasteiger charge is 2.45. The van der Waals surface area contributed by atoms with E-state index >= 15 is 0 Å². The molecule has 38 heavy (non-hydrogen) atoms. The molecule has 1 aliphatic rings. The van der Waals surface area contributed by atoms with Crippen LogP contribution in [0.3, 0.4) is 0 Å². The van der Waals surface area contributed by atoms with E-state index in [4.69, 9.17) is 5.14 Å². The third-order valence-corrected chi connectivity index (χ3v) is 8.10. The van der Waals surface area contributed by atoms with Gasteiger partial charge in [-0.25, -0.2) is 13.6 Å². The summed E-state index contributed by atoms with van der Waals surface area (Å²) in [5.74, 6) is -1.68. The molecule has 1 heterocycles. The zero-order valence-electron chi connectivity index (χ0n) is 21.3. The lowest BCUT2D eigenvalue weighted by Gasteiger charge is -2.26. The molecule has 0 radical (unpaired) electrons. The standard InChI is InChI=1S/C29H29BrN2O5S/c1-29(2,3)21-10-6-19(7-11-21)25-24(26(33)20-8-12-22(30)13-9-20)27(34)28(35)32(25)17-16-18-4-14-23(15-5-18)38(31,36)37/h4-15,25,33H,16-17H2,1-3H3,(H2,31,36,37)/b26-24+. The van der Waals surface area contributed by atoms with Gasteiger partial charge >= 0.3 is 0 Å². The molecule has 1 fully saturated rings. The zero-order valence-corrected chi connectivity index (χ0v) is 23.7. The number of rotatable bonds is 6. The van der Waals surface area contributed by atoms with Crippen LogP contribution in [0.4, 0.5) is 0 Å². The number of Topliss-reactive ketones (excluding diaryl/α,β-unsaturated/α-hetero) is 1. The predicted octanol–water partition coefficient (Wildman–Crippen LogP) is 5.06. The maximum Gasteiger partial charge on any atom is 0.295 e. The largest absolute Gasteiger partial charge is 0.507 e. The first kappa shape index (κ1) is 27.8. The minimum absolute atomic E-state index is 0.00451. The van der Waals surface area contributed by atoms with Gasteiger partial charge in [0.15, 0.2) is 0 Å². The van der Waals surface area contributed by atoms with E-state index in [9.17, 15) is 23.1 Å². The SMILES string of the molecule is CC(C)(C)c1ccc(C2/C(=C(\O)c3ccc(Br)cc3)C(=O)C(=O)N2CCc2ccc(S(N)(=O)=O)cc2)cc1. The lowest BCUT2D eigenvalue weighted by Crippen LogP contribution is -2.31. The molecule has 0 bridgehead atoms. The van der Waals surface area contributed by atoms with Crippen molar-refractivity contribution in [2.24, 2.45) is 5.14 Å². The number of carbonyl (C=O) groups is 2. The molecule has 3 N–H and O–H groups in total. The molecule has 0 saturated carbocycles. The van der Waals surface area contributed by atoms with Gasteiger partial charge in [0.25, 0.3) is 11.7 Å². The van der Waals surface area contributed by atoms with Crippen LogP contribution in [0.25, 0.3) is 5.76 Å². The van der Waals surface area contributed by atoms with Crippen LogP contribution >= 0.6 is 15.9 Å². The Morgan fingerprint density at radius 3 is 2.05 bits per heavy atom. The fourth-order valence-corrected chi connectivity index (χ4v) is 5.26. The summed E-state index contributed by atoms with van der Waals surface area (Å²) in [4.78, 5) is 28.0. The van der Waals surface area contributed by atoms with Crippen molar-refractivity contribution in [1.29, 1.82) is 0 Å². The summed E-state index contributed by atoms with van der Waals surface area (Å²) in [7, 11) is -3.82. The third kappa shape index (κ3) is 5.75. The first-order valence-electron chi connectivity index (χ1n) is 12.0. The molecule has 1 aliphatic heterocycles. The normalized spacial score (nSPS) is 17.7. The number of benzene rings is 3. The Hall–Kier alpha value is -3.27. The van der Waals surface area contributed by atoms with Crippen LogP contribution in [0.2, 0.25) is 0 Å². The van der Waals surface area contributed by atoms with Crippen LogP contribution in [-0.4, -0.2) is 36.7 Å². The van der Waals surface area contributed by atoms with Gasteiger partial charge in [-0.15, -0.1) is 0 Å². The molecule has 0 aliphatic carbocycles. The number of nitrogens with zero attached hydrogens (tertiary/aromatic N) is 1. The molecule has 4 rings (SSSR count). The van der Waals surface area contributed by atoms with Crippen molar-refractivity contribution in [3.63, 3.8) is 0 Å². The molecule has 198 valence electrons. The summed E-state index contributed by atoms with van der Waals surface area (Å²) in [5, 5.41) is 16.4. The average molecular weight is 598 g/mol. The summed E-state index contributed by atoms with van der Waals surface area (Å²) in [6.07, 6.45) is 0.368. The second-order valence-electron chi connectivity index (χ2n) is 10.3. The highest BCUT2D eigenvalue weighted by Crippen LogP contribution is 2.40. The Kier molecular flexibility index (Phi) is 7.65. The molecular weight excluding hydrogens is 568 g/mol. The van der Waals surface area contributed by atoms with E-state index in [0.29, 0.717) is 17.5 Å². The fraction of sp³-hybridized carbons (Fsp3) is 0.241. The number of sulfonamides is 1. The first-order chi connectivity index (χ1) is 17.8. The molecule has 1 atom stereocenters. The van der Waals surface area contributed by atoms with E-state index in [0.717, 1.165) is 15.6 Å². The number of hydrogen-bond acceptors (Lipinski definition) is 5. The minimum Gasteiger partial charge on any atom is -0.507 e. The maximum atomic E-state index is 13.3. The molecule has 1 saturated heterocycles. The van der Waals surface area contributed by atoms with E-state index in [1.165, 1.54) is 17.0 Å². The molecule has 9 heteroatoms. The second kappa shape index (κ2) is 10.5. The highest BCUT2D eigenvalue weighted by molar-refractivity contribution is 9.10. The van der Waals surface area contributed by atoms with E-state index in [1.807, 2.05) is 24.3 Å². The number of aliphatic hydroxyl groups excluding tert-OH is 1. The van der Waals surface area contributed by atoms with Crippen LogP contribution < -0.4 is 5.14 Å². The molecule has 1 unspecified atom stereocenters. The molecule has 1 amide bonds. The number of amides is 1. The van der Waals surface area contributed by atoms with Gasteiger partial charge in [-0.3, -0.25) is 9.59 Å². The molecule has 3 aromatic rings. The Morgan fingerprint density at radius 2 is 1.53 bits per heavy atom. The number of halogens is 1. The number of hydrogen-bond donors (Lipinski definition) is 2. The van der Waals surface area contributed by atoms with Crippen LogP contribution in [-0.2, 0) is 31.4 Å². The highest BCUT2D eigenvalue weighted by atomic mass is 79.9. The number of primary sulfonamides is 1. The lowest BCUT2D eigenvalue weighted by atomic mass is 9.85. The second-order valence-corrected chi connectivity index (χ2v) is 12.8. The van der Waals surface area contributed by atoms with Crippen molar-refractivity contribution in [2.75, 3.05) is 6.54 Å². The molecule has 3 aromatic carbocycles. The summed E-state index contributed by atoms with van der Waals surface area (Å²) in [6, 6.07) is 19.9. The van der Waals surface area contributed by atoms with Crippen molar-refractivity contribution in [2.45, 2.75) is 43.5 Å². The van der Waals surface area contributed by atoms with E-state index in [-0.39, 0.29) is 28.2 Å². The summed E-state index contributed by atoms with van der Waals surface area (Å²) in [6.45, 7) is 6.48. The lowest BCUT2D eigenvalue weighted by molar-refractivity contribution is -0.139. The van der Waals surface area contributed by atoms with Gasteiger partial charge < -0.3 is 10.0 Å².